The van der Waals surface area contributed by atoms with Gasteiger partial charge in [-0.25, -0.2) is 4.98 Å². The van der Waals surface area contributed by atoms with Gasteiger partial charge in [0.2, 0.25) is 76.8 Å². The average molecular weight is 1620 g/mol. The molecular weight excluding hydrogens is 1510 g/mol. The van der Waals surface area contributed by atoms with Gasteiger partial charge in [0, 0.05) is 55.6 Å². The Balaban J connectivity index is 1.55. The molecule has 0 aliphatic carbocycles. The Morgan fingerprint density at radius 1 is 0.504 bits per heavy atom. The normalized spacial score (nSPS) is 16.4. The van der Waals surface area contributed by atoms with E-state index in [0.29, 0.717) is 24.0 Å². The number of nitrogens with two attached hydrogens (primary N) is 2. The number of aliphatic hydroxyl groups excluding tert-OH is 1. The maximum Gasteiger partial charge on any atom is 0.325 e. The van der Waals surface area contributed by atoms with Gasteiger partial charge in [-0.2, -0.15) is 25.3 Å². The number of aliphatic carboxylic acids is 3. The van der Waals surface area contributed by atoms with E-state index in [0.717, 1.165) is 13.8 Å². The second-order valence-corrected chi connectivity index (χ2v) is 29.7. The van der Waals surface area contributed by atoms with Crippen LogP contribution in [0.1, 0.15) is 136 Å². The van der Waals surface area contributed by atoms with Crippen molar-refractivity contribution in [2.24, 2.45) is 29.2 Å². The summed E-state index contributed by atoms with van der Waals surface area (Å²) >= 11 is 8.58. The molecule has 13 amide bonds. The largest absolute Gasteiger partial charge is 0.481 e. The lowest BCUT2D eigenvalue weighted by atomic mass is 9.99. The Bertz CT molecular complexity index is 3710. The van der Waals surface area contributed by atoms with Crippen LogP contribution in [0.4, 0.5) is 0 Å². The van der Waals surface area contributed by atoms with Gasteiger partial charge < -0.3 is 106 Å². The SMILES string of the molecule is CC(C)C[C@H](NC(=O)[C@H](CC(=O)O)NC(=O)[C@H](CS)NC(=O)[C@H](Cc1ccccc1)NC(=O)[C@@H]1CCCN1C(=O)[C@@H](N)C(C)C)C(=O)N[C@@H](CC(C)C)C(=O)N[C@H](C(=O)N[C@@H](CCCCN)C(=O)N[C@@H](Cc1cnc[nH]1)C(=O)N[C@@H](CS)C(=O)N[C@@H](Cc1ccccc1)C(=O)N[C@@H](CCC(=O)O)C(=O)N[C@@H](C)C(=O)O)[C@@H](C)O. The molecule has 1 fully saturated rings. The summed E-state index contributed by atoms with van der Waals surface area (Å²) < 4.78 is 0. The van der Waals surface area contributed by atoms with E-state index in [9.17, 15) is 97.1 Å². The summed E-state index contributed by atoms with van der Waals surface area (Å²) in [7, 11) is 0. The fourth-order valence-corrected chi connectivity index (χ4v) is 12.5. The molecule has 0 unspecified atom stereocenters. The number of amides is 13. The fourth-order valence-electron chi connectivity index (χ4n) is 11.9. The third kappa shape index (κ3) is 32.4. The molecule has 0 radical (unpaired) electrons. The van der Waals surface area contributed by atoms with Crippen molar-refractivity contribution in [3.63, 3.8) is 0 Å². The molecule has 1 saturated heterocycles. The van der Waals surface area contributed by atoms with Crippen LogP contribution in [-0.4, -0.2) is 245 Å². The van der Waals surface area contributed by atoms with Crippen molar-refractivity contribution in [2.45, 2.75) is 230 Å². The number of aliphatic hydroxyl groups is 1. The van der Waals surface area contributed by atoms with Crippen molar-refractivity contribution < 1.29 is 97.1 Å². The molecule has 0 spiro atoms. The monoisotopic (exact) mass is 1620 g/mol. The van der Waals surface area contributed by atoms with Crippen molar-refractivity contribution in [1.82, 2.24) is 78.7 Å². The van der Waals surface area contributed by atoms with Crippen molar-refractivity contribution in [3.05, 3.63) is 90.0 Å². The molecule has 0 saturated carbocycles. The minimum Gasteiger partial charge on any atom is -0.481 e. The zero-order chi connectivity index (χ0) is 84.3. The molecule has 39 heteroatoms. The Morgan fingerprint density at radius 2 is 0.920 bits per heavy atom. The number of imidazole rings is 1. The molecular formula is C74H111N17O20S2. The number of carboxylic acid groups (broad SMARTS) is 3. The standard InChI is InChI=1S/C74H111N17O20S2/c1-38(2)28-48(82-67(103)53(33-58(95)96)86-70(106)55(36-113)88-65(101)51(31-44-20-13-10-14-21-44)87-71(107)56-23-17-27-91(56)73(109)59(76)40(5)6)63(99)83-49(29-39(3)4)68(104)90-60(42(8)92)72(108)81-46(22-15-16-26-75)62(98)85-52(32-45-34-77-37-78-45)66(102)89-54(35-112)69(105)84-50(30-43-18-11-9-12-19-43)64(100)80-47(24-25-57(93)94)61(97)79-41(7)74(110)111/h9-14,18-21,34,37-42,46-56,59-60,92,112-113H,15-17,22-33,35-36,75-76H2,1-8H3,(H,77,78)(H,79,97)(H,80,100)(H,81,108)(H,82,103)(H,83,99)(H,84,105)(H,85,98)(H,86,106)(H,87,107)(H,88,101)(H,89,102)(H,90,104)(H,93,94)(H,95,96)(H,110,111)/t41-,42+,46-,47-,48-,49-,50-,51-,52-,53-,54-,55-,56-,59-,60-/m0/s1. The van der Waals surface area contributed by atoms with Gasteiger partial charge in [-0.15, -0.1) is 0 Å². The van der Waals surface area contributed by atoms with Crippen LogP contribution in [0.25, 0.3) is 0 Å². The predicted octanol–water partition coefficient (Wildman–Crippen LogP) is -2.86. The summed E-state index contributed by atoms with van der Waals surface area (Å²) in [5.74, 6) is -18.5. The summed E-state index contributed by atoms with van der Waals surface area (Å²) in [6.45, 7) is 13.0. The lowest BCUT2D eigenvalue weighted by Gasteiger charge is -2.30. The molecule has 1 aromatic heterocycles. The van der Waals surface area contributed by atoms with Crippen molar-refractivity contribution in [2.75, 3.05) is 24.6 Å². The van der Waals surface area contributed by atoms with E-state index in [4.69, 9.17) is 11.5 Å². The van der Waals surface area contributed by atoms with Crippen molar-refractivity contribution >= 4 is 120 Å². The number of aromatic nitrogens is 2. The van der Waals surface area contributed by atoms with E-state index in [1.807, 2.05) is 0 Å². The number of H-pyrrole nitrogens is 1. The maximum absolute atomic E-state index is 14.6. The van der Waals surface area contributed by atoms with E-state index in [-0.39, 0.29) is 87.9 Å². The Morgan fingerprint density at radius 3 is 1.37 bits per heavy atom. The van der Waals surface area contributed by atoms with Gasteiger partial charge in [0.15, 0.2) is 0 Å². The van der Waals surface area contributed by atoms with Gasteiger partial charge in [0.25, 0.3) is 0 Å². The minimum absolute atomic E-state index is 0.0828. The number of aromatic amines is 1. The van der Waals surface area contributed by atoms with Crippen LogP contribution in [0.3, 0.4) is 0 Å². The van der Waals surface area contributed by atoms with Gasteiger partial charge >= 0.3 is 17.9 Å². The lowest BCUT2D eigenvalue weighted by molar-refractivity contribution is -0.142. The highest BCUT2D eigenvalue weighted by molar-refractivity contribution is 7.80. The molecule has 4 rings (SSSR count). The number of carbonyl (C=O) groups excluding carboxylic acids is 13. The topological polar surface area (TPSA) is 582 Å². The molecule has 2 aromatic carbocycles. The van der Waals surface area contributed by atoms with Crippen LogP contribution < -0.4 is 75.3 Å². The second kappa shape index (κ2) is 48.0. The van der Waals surface area contributed by atoms with E-state index in [1.54, 1.807) is 102 Å². The number of nitrogens with zero attached hydrogens (tertiary/aromatic N) is 2. The van der Waals surface area contributed by atoms with Gasteiger partial charge in [-0.1, -0.05) is 102 Å². The summed E-state index contributed by atoms with van der Waals surface area (Å²) in [6, 6.07) is -4.07. The summed E-state index contributed by atoms with van der Waals surface area (Å²) in [5.41, 5.74) is 13.4. The number of unbranched alkanes of at least 4 members (excludes halogenated alkanes) is 1. The smallest absolute Gasteiger partial charge is 0.325 e. The maximum atomic E-state index is 14.6. The second-order valence-electron chi connectivity index (χ2n) is 29.0. The van der Waals surface area contributed by atoms with Crippen LogP contribution in [0.15, 0.2) is 73.2 Å². The van der Waals surface area contributed by atoms with E-state index in [2.05, 4.69) is 99.0 Å². The highest BCUT2D eigenvalue weighted by Crippen LogP contribution is 2.21. The lowest BCUT2D eigenvalue weighted by Crippen LogP contribution is -2.62. The van der Waals surface area contributed by atoms with Crippen LogP contribution in [-0.2, 0) is 96.0 Å². The minimum atomic E-state index is -1.91. The first kappa shape index (κ1) is 95.1. The Hall–Kier alpha value is -10.2. The zero-order valence-electron chi connectivity index (χ0n) is 64.6. The zero-order valence-corrected chi connectivity index (χ0v) is 66.4. The van der Waals surface area contributed by atoms with Crippen LogP contribution >= 0.6 is 25.3 Å². The number of thiol groups is 2. The number of hydrogen-bond donors (Lipinski definition) is 21. The summed E-state index contributed by atoms with van der Waals surface area (Å²) in [6.07, 6.45) is -1.00. The summed E-state index contributed by atoms with van der Waals surface area (Å²) in [4.78, 5) is 228. The molecule has 1 aliphatic rings. The van der Waals surface area contributed by atoms with Crippen LogP contribution in [0.2, 0.25) is 0 Å². The quantitative estimate of drug-likeness (QED) is 0.0200. The van der Waals surface area contributed by atoms with Gasteiger partial charge in [-0.3, -0.25) is 76.7 Å². The number of carboxylic acids is 3. The third-order valence-corrected chi connectivity index (χ3v) is 19.0. The van der Waals surface area contributed by atoms with E-state index < -0.39 is 216 Å². The van der Waals surface area contributed by atoms with Gasteiger partial charge in [-0.05, 0) is 101 Å². The van der Waals surface area contributed by atoms with Crippen molar-refractivity contribution in [1.29, 1.82) is 0 Å². The fraction of sp³-hybridized carbons (Fsp3) is 0.581. The third-order valence-electron chi connectivity index (χ3n) is 18.3. The molecule has 15 atom stereocenters. The molecule has 3 aromatic rings. The number of rotatable bonds is 49. The number of hydrogen-bond acceptors (Lipinski definition) is 22. The number of nitrogens with one attached hydrogen (secondary N) is 13. The first-order chi connectivity index (χ1) is 53.4. The Labute approximate surface area is 666 Å². The number of benzene rings is 2. The van der Waals surface area contributed by atoms with Gasteiger partial charge in [0.1, 0.15) is 78.5 Å². The molecule has 1 aliphatic heterocycles. The predicted molar refractivity (Wildman–Crippen MR) is 417 cm³/mol. The average Bonchev–Trinajstić information content (AvgIpc) is 1.69. The first-order valence-electron chi connectivity index (χ1n) is 37.4. The molecule has 2 heterocycles. The Kier molecular flexibility index (Phi) is 40.4. The molecule has 624 valence electrons. The highest BCUT2D eigenvalue weighted by atomic mass is 32.1. The number of likely N-dealkylation sites (tertiary alicyclic amines) is 1. The molecule has 113 heavy (non-hydrogen) atoms. The van der Waals surface area contributed by atoms with E-state index in [1.165, 1.54) is 17.4 Å². The molecule has 37 nitrogen and oxygen atoms in total. The molecule has 21 N–H and O–H groups in total. The first-order valence-corrected chi connectivity index (χ1v) is 38.7. The number of carbonyl (C=O) groups is 16. The highest BCUT2D eigenvalue weighted by Gasteiger charge is 2.42. The summed E-state index contributed by atoms with van der Waals surface area (Å²) in [5, 5.41) is 70.0. The van der Waals surface area contributed by atoms with Crippen molar-refractivity contribution in [3.8, 4) is 0 Å². The molecule has 0 bridgehead atoms. The van der Waals surface area contributed by atoms with Crippen LogP contribution in [0, 0.1) is 17.8 Å². The van der Waals surface area contributed by atoms with E-state index >= 15 is 0 Å². The van der Waals surface area contributed by atoms with Crippen LogP contribution in [0.5, 0.6) is 0 Å². The van der Waals surface area contributed by atoms with Gasteiger partial charge in [0.05, 0.1) is 24.9 Å².